The van der Waals surface area contributed by atoms with Crippen LogP contribution in [0.1, 0.15) is 21.7 Å². The average Bonchev–Trinajstić information content (AvgIpc) is 3.33. The molecule has 0 bridgehead atoms. The molecule has 0 radical (unpaired) electrons. The largest absolute Gasteiger partial charge is 0.467 e. The van der Waals surface area contributed by atoms with E-state index in [0.29, 0.717) is 28.0 Å². The van der Waals surface area contributed by atoms with E-state index in [1.807, 2.05) is 55.5 Å². The summed E-state index contributed by atoms with van der Waals surface area (Å²) >= 11 is 9.95. The van der Waals surface area contributed by atoms with E-state index >= 15 is 0 Å². The minimum atomic E-state index is -0.121. The van der Waals surface area contributed by atoms with Gasteiger partial charge in [-0.05, 0) is 65.4 Å². The minimum absolute atomic E-state index is 0.121. The zero-order chi connectivity index (χ0) is 19.0. The molecule has 0 aliphatic heterocycles. The predicted octanol–water partition coefficient (Wildman–Crippen LogP) is 6.30. The topological polar surface area (TPSA) is 46.3 Å². The lowest BCUT2D eigenvalue weighted by atomic mass is 10.2. The summed E-state index contributed by atoms with van der Waals surface area (Å²) in [7, 11) is 0. The van der Waals surface area contributed by atoms with Gasteiger partial charge in [0.25, 0.3) is 5.91 Å². The monoisotopic (exact) mass is 508 g/mol. The number of carbonyl (C=O) groups is 1. The Labute approximate surface area is 178 Å². The smallest absolute Gasteiger partial charge is 0.261 e. The number of thiazole rings is 1. The summed E-state index contributed by atoms with van der Waals surface area (Å²) in [5.74, 6) is 0.570. The maximum Gasteiger partial charge on any atom is 0.261 e. The fourth-order valence-electron chi connectivity index (χ4n) is 2.77. The SMILES string of the molecule is Cc1ccc(Cl)c2sc(N(Cc3ccco3)C(=O)c3ccccc3I)nc12. The molecule has 0 saturated heterocycles. The highest BCUT2D eigenvalue weighted by Crippen LogP contribution is 2.36. The van der Waals surface area contributed by atoms with Gasteiger partial charge < -0.3 is 4.42 Å². The lowest BCUT2D eigenvalue weighted by molar-refractivity contribution is 0.0982. The summed E-state index contributed by atoms with van der Waals surface area (Å²) in [5.41, 5.74) is 2.48. The third-order valence-corrected chi connectivity index (χ3v) is 6.64. The summed E-state index contributed by atoms with van der Waals surface area (Å²) in [6.45, 7) is 2.29. The fourth-order valence-corrected chi connectivity index (χ4v) is 4.70. The molecule has 0 spiro atoms. The summed E-state index contributed by atoms with van der Waals surface area (Å²) in [6, 6.07) is 15.0. The number of hydrogen-bond donors (Lipinski definition) is 0. The summed E-state index contributed by atoms with van der Waals surface area (Å²) < 4.78 is 7.25. The lowest BCUT2D eigenvalue weighted by Gasteiger charge is -2.19. The van der Waals surface area contributed by atoms with Gasteiger partial charge in [-0.3, -0.25) is 9.69 Å². The molecular formula is C20H14ClIN2O2S. The van der Waals surface area contributed by atoms with Crippen LogP contribution < -0.4 is 4.90 Å². The number of hydrogen-bond acceptors (Lipinski definition) is 4. The number of halogens is 2. The Bertz CT molecular complexity index is 1090. The second-order valence-corrected chi connectivity index (χ2v) is 8.54. The molecule has 0 N–H and O–H groups in total. The normalized spacial score (nSPS) is 11.1. The Hall–Kier alpha value is -1.90. The van der Waals surface area contributed by atoms with Gasteiger partial charge >= 0.3 is 0 Å². The van der Waals surface area contributed by atoms with Crippen LogP contribution in [-0.4, -0.2) is 10.9 Å². The zero-order valence-corrected chi connectivity index (χ0v) is 18.0. The number of rotatable bonds is 4. The van der Waals surface area contributed by atoms with E-state index in [0.717, 1.165) is 19.4 Å². The van der Waals surface area contributed by atoms with Crippen LogP contribution in [0.5, 0.6) is 0 Å². The minimum Gasteiger partial charge on any atom is -0.467 e. The van der Waals surface area contributed by atoms with Crippen molar-refractivity contribution in [3.8, 4) is 0 Å². The van der Waals surface area contributed by atoms with Crippen molar-refractivity contribution in [2.75, 3.05) is 4.90 Å². The molecule has 2 aromatic heterocycles. The van der Waals surface area contributed by atoms with Crippen LogP contribution in [0.2, 0.25) is 5.02 Å². The van der Waals surface area contributed by atoms with Crippen LogP contribution in [0.3, 0.4) is 0 Å². The molecule has 0 unspecified atom stereocenters. The molecule has 0 aliphatic carbocycles. The van der Waals surface area contributed by atoms with Crippen LogP contribution in [0.15, 0.2) is 59.2 Å². The van der Waals surface area contributed by atoms with E-state index in [1.165, 1.54) is 11.3 Å². The van der Waals surface area contributed by atoms with E-state index in [-0.39, 0.29) is 5.91 Å². The van der Waals surface area contributed by atoms with Crippen LogP contribution in [0.4, 0.5) is 5.13 Å². The summed E-state index contributed by atoms with van der Waals surface area (Å²) in [5, 5.41) is 1.24. The molecule has 2 aromatic carbocycles. The molecule has 4 aromatic rings. The molecule has 136 valence electrons. The van der Waals surface area contributed by atoms with Gasteiger partial charge in [0.15, 0.2) is 5.13 Å². The average molecular weight is 509 g/mol. The number of carbonyl (C=O) groups excluding carboxylic acids is 1. The molecular weight excluding hydrogens is 495 g/mol. The maximum atomic E-state index is 13.4. The van der Waals surface area contributed by atoms with Crippen LogP contribution in [0.25, 0.3) is 10.2 Å². The number of furan rings is 1. The number of benzene rings is 2. The number of anilines is 1. The van der Waals surface area contributed by atoms with Gasteiger partial charge in [0.05, 0.1) is 33.6 Å². The highest BCUT2D eigenvalue weighted by atomic mass is 127. The quantitative estimate of drug-likeness (QED) is 0.304. The van der Waals surface area contributed by atoms with Gasteiger partial charge in [0, 0.05) is 3.57 Å². The van der Waals surface area contributed by atoms with E-state index in [4.69, 9.17) is 21.0 Å². The van der Waals surface area contributed by atoms with Crippen molar-refractivity contribution in [1.82, 2.24) is 4.98 Å². The van der Waals surface area contributed by atoms with Crippen LogP contribution in [-0.2, 0) is 6.54 Å². The van der Waals surface area contributed by atoms with Crippen LogP contribution in [0, 0.1) is 10.5 Å². The summed E-state index contributed by atoms with van der Waals surface area (Å²) in [4.78, 5) is 19.7. The van der Waals surface area contributed by atoms with Crippen LogP contribution >= 0.6 is 45.5 Å². The molecule has 27 heavy (non-hydrogen) atoms. The zero-order valence-electron chi connectivity index (χ0n) is 14.3. The van der Waals surface area contributed by atoms with Crippen molar-refractivity contribution < 1.29 is 9.21 Å². The number of amides is 1. The van der Waals surface area contributed by atoms with Crippen molar-refractivity contribution in [3.63, 3.8) is 0 Å². The third-order valence-electron chi connectivity index (χ3n) is 4.16. The van der Waals surface area contributed by atoms with Gasteiger partial charge in [-0.25, -0.2) is 4.98 Å². The van der Waals surface area contributed by atoms with Crippen molar-refractivity contribution in [1.29, 1.82) is 0 Å². The van der Waals surface area contributed by atoms with Gasteiger partial charge in [-0.2, -0.15) is 0 Å². The van der Waals surface area contributed by atoms with Gasteiger partial charge in [0.1, 0.15) is 5.76 Å². The van der Waals surface area contributed by atoms with Crippen molar-refractivity contribution in [2.24, 2.45) is 0 Å². The molecule has 0 saturated carbocycles. The Morgan fingerprint density at radius 3 is 2.74 bits per heavy atom. The lowest BCUT2D eigenvalue weighted by Crippen LogP contribution is -2.30. The Morgan fingerprint density at radius 1 is 1.22 bits per heavy atom. The highest BCUT2D eigenvalue weighted by molar-refractivity contribution is 14.1. The molecule has 2 heterocycles. The number of fused-ring (bicyclic) bond motifs is 1. The first-order valence-electron chi connectivity index (χ1n) is 8.19. The van der Waals surface area contributed by atoms with E-state index < -0.39 is 0 Å². The van der Waals surface area contributed by atoms with Crippen molar-refractivity contribution in [3.05, 3.63) is 80.3 Å². The van der Waals surface area contributed by atoms with E-state index in [9.17, 15) is 4.79 Å². The molecule has 0 aliphatic rings. The molecule has 4 rings (SSSR count). The second-order valence-electron chi connectivity index (χ2n) is 5.99. The Morgan fingerprint density at radius 2 is 2.04 bits per heavy atom. The van der Waals surface area contributed by atoms with E-state index in [1.54, 1.807) is 11.2 Å². The van der Waals surface area contributed by atoms with Gasteiger partial charge in [-0.15, -0.1) is 0 Å². The molecule has 1 amide bonds. The highest BCUT2D eigenvalue weighted by Gasteiger charge is 2.25. The van der Waals surface area contributed by atoms with Gasteiger partial charge in [0.2, 0.25) is 0 Å². The maximum absolute atomic E-state index is 13.4. The van der Waals surface area contributed by atoms with Crippen molar-refractivity contribution >= 4 is 66.8 Å². The molecule has 7 heteroatoms. The fraction of sp³-hybridized carbons (Fsp3) is 0.100. The van der Waals surface area contributed by atoms with E-state index in [2.05, 4.69) is 22.6 Å². The number of aromatic nitrogens is 1. The third kappa shape index (κ3) is 3.61. The molecule has 4 nitrogen and oxygen atoms in total. The Kier molecular flexibility index (Phi) is 5.21. The first-order chi connectivity index (χ1) is 13.0. The standard InChI is InChI=1S/C20H14ClIN2O2S/c1-12-8-9-15(21)18-17(12)23-20(27-18)24(11-13-5-4-10-26-13)19(25)14-6-2-3-7-16(14)22/h2-10H,11H2,1H3. The second kappa shape index (κ2) is 7.61. The number of aryl methyl sites for hydroxylation is 1. The first kappa shape index (κ1) is 18.5. The van der Waals surface area contributed by atoms with Crippen molar-refractivity contribution in [2.45, 2.75) is 13.5 Å². The Balaban J connectivity index is 1.83. The number of nitrogens with zero attached hydrogens (tertiary/aromatic N) is 2. The van der Waals surface area contributed by atoms with Gasteiger partial charge in [-0.1, -0.05) is 41.1 Å². The first-order valence-corrected chi connectivity index (χ1v) is 10.5. The molecule has 0 fully saturated rings. The predicted molar refractivity (Wildman–Crippen MR) is 118 cm³/mol. The summed E-state index contributed by atoms with van der Waals surface area (Å²) in [6.07, 6.45) is 1.60. The molecule has 0 atom stereocenters.